The molecule has 0 spiro atoms. The second-order valence-electron chi connectivity index (χ2n) is 4.15. The SMILES string of the molecule is C1=NC(/N=N/C2N=CNc3nc[nH]c32)c2[nH]cnc2N1. The maximum Gasteiger partial charge on any atom is 0.205 e. The van der Waals surface area contributed by atoms with Crippen molar-refractivity contribution >= 4 is 24.3 Å². The standard InChI is InChI=1S/C10H10N10/c1-11-5-7(13-1)15-3-17-9(5)19-20-10-6-8(14-2-12-6)16-4-18-10/h1-4,9-10H,(H,11,13)(H,12,14)(H,15,17)(H,16,18)/b20-19+. The first kappa shape index (κ1) is 10.8. The van der Waals surface area contributed by atoms with Crippen LogP contribution < -0.4 is 10.6 Å². The summed E-state index contributed by atoms with van der Waals surface area (Å²) in [6.07, 6.45) is 5.41. The third-order valence-electron chi connectivity index (χ3n) is 2.97. The molecule has 2 aromatic heterocycles. The number of aromatic amines is 2. The van der Waals surface area contributed by atoms with Gasteiger partial charge in [0.1, 0.15) is 11.4 Å². The molecule has 4 heterocycles. The summed E-state index contributed by atoms with van der Waals surface area (Å²) in [5, 5.41) is 14.3. The van der Waals surface area contributed by atoms with Gasteiger partial charge in [-0.25, -0.2) is 20.0 Å². The summed E-state index contributed by atoms with van der Waals surface area (Å²) in [7, 11) is 0. The molecule has 0 saturated carbocycles. The summed E-state index contributed by atoms with van der Waals surface area (Å²) in [5.74, 6) is 1.42. The Morgan fingerprint density at radius 1 is 0.800 bits per heavy atom. The summed E-state index contributed by atoms with van der Waals surface area (Å²) in [6.45, 7) is 0. The Kier molecular flexibility index (Phi) is 2.31. The van der Waals surface area contributed by atoms with Crippen molar-refractivity contribution in [2.75, 3.05) is 10.6 Å². The fourth-order valence-electron chi connectivity index (χ4n) is 2.02. The summed E-state index contributed by atoms with van der Waals surface area (Å²) < 4.78 is 0. The van der Waals surface area contributed by atoms with Gasteiger partial charge < -0.3 is 20.6 Å². The maximum absolute atomic E-state index is 4.23. The van der Waals surface area contributed by atoms with Crippen molar-refractivity contribution in [2.24, 2.45) is 20.2 Å². The Morgan fingerprint density at radius 2 is 1.30 bits per heavy atom. The van der Waals surface area contributed by atoms with Crippen molar-refractivity contribution in [3.8, 4) is 0 Å². The number of H-pyrrole nitrogens is 2. The van der Waals surface area contributed by atoms with E-state index >= 15 is 0 Å². The van der Waals surface area contributed by atoms with Crippen molar-refractivity contribution in [2.45, 2.75) is 12.3 Å². The molecule has 0 amide bonds. The van der Waals surface area contributed by atoms with Crippen LogP contribution in [0.3, 0.4) is 0 Å². The highest BCUT2D eigenvalue weighted by Gasteiger charge is 2.22. The third-order valence-corrected chi connectivity index (χ3v) is 2.97. The van der Waals surface area contributed by atoms with Crippen LogP contribution in [-0.2, 0) is 0 Å². The maximum atomic E-state index is 4.23. The molecule has 0 aromatic carbocycles. The van der Waals surface area contributed by atoms with E-state index in [4.69, 9.17) is 0 Å². The van der Waals surface area contributed by atoms with E-state index in [1.807, 2.05) is 0 Å². The molecule has 4 N–H and O–H groups in total. The third kappa shape index (κ3) is 1.66. The minimum Gasteiger partial charge on any atom is -0.343 e. The van der Waals surface area contributed by atoms with Crippen molar-refractivity contribution in [3.05, 3.63) is 24.0 Å². The van der Waals surface area contributed by atoms with E-state index in [0.717, 1.165) is 11.4 Å². The number of nitrogens with one attached hydrogen (secondary N) is 4. The number of anilines is 2. The zero-order chi connectivity index (χ0) is 13.4. The lowest BCUT2D eigenvalue weighted by Crippen LogP contribution is -2.10. The molecular formula is C10H10N10. The number of imidazole rings is 2. The van der Waals surface area contributed by atoms with Crippen LogP contribution in [0.15, 0.2) is 32.9 Å². The van der Waals surface area contributed by atoms with Gasteiger partial charge in [-0.1, -0.05) is 0 Å². The Labute approximate surface area is 112 Å². The number of hydrogen-bond acceptors (Lipinski definition) is 8. The average Bonchev–Trinajstić information content (AvgIpc) is 3.13. The number of fused-ring (bicyclic) bond motifs is 2. The summed E-state index contributed by atoms with van der Waals surface area (Å²) in [4.78, 5) is 22.6. The van der Waals surface area contributed by atoms with Crippen molar-refractivity contribution < 1.29 is 0 Å². The van der Waals surface area contributed by atoms with Crippen LogP contribution >= 0.6 is 0 Å². The predicted molar refractivity (Wildman–Crippen MR) is 71.7 cm³/mol. The summed E-state index contributed by atoms with van der Waals surface area (Å²) in [5.41, 5.74) is 1.55. The zero-order valence-corrected chi connectivity index (χ0v) is 10.1. The van der Waals surface area contributed by atoms with E-state index in [1.165, 1.54) is 0 Å². The van der Waals surface area contributed by atoms with Crippen LogP contribution in [0.5, 0.6) is 0 Å². The largest absolute Gasteiger partial charge is 0.343 e. The van der Waals surface area contributed by atoms with Gasteiger partial charge in [0.15, 0.2) is 11.6 Å². The van der Waals surface area contributed by atoms with Gasteiger partial charge in [0.05, 0.1) is 25.3 Å². The quantitative estimate of drug-likeness (QED) is 0.610. The van der Waals surface area contributed by atoms with Gasteiger partial charge >= 0.3 is 0 Å². The van der Waals surface area contributed by atoms with E-state index in [9.17, 15) is 0 Å². The number of nitrogens with zero attached hydrogens (tertiary/aromatic N) is 6. The second kappa shape index (κ2) is 4.26. The molecule has 2 atom stereocenters. The molecule has 10 nitrogen and oxygen atoms in total. The molecule has 2 aliphatic rings. The van der Waals surface area contributed by atoms with Crippen LogP contribution in [0.1, 0.15) is 23.7 Å². The minimum absolute atomic E-state index is 0.440. The van der Waals surface area contributed by atoms with Crippen LogP contribution in [-0.4, -0.2) is 32.6 Å². The highest BCUT2D eigenvalue weighted by Crippen LogP contribution is 2.30. The summed E-state index contributed by atoms with van der Waals surface area (Å²) in [6, 6.07) is 0. The van der Waals surface area contributed by atoms with Crippen molar-refractivity contribution in [3.63, 3.8) is 0 Å². The number of azo groups is 1. The van der Waals surface area contributed by atoms with Crippen molar-refractivity contribution in [1.82, 2.24) is 19.9 Å². The first-order valence-corrected chi connectivity index (χ1v) is 5.94. The Balaban J connectivity index is 1.61. The number of rotatable bonds is 2. The van der Waals surface area contributed by atoms with E-state index in [-0.39, 0.29) is 0 Å². The molecule has 2 aliphatic heterocycles. The lowest BCUT2D eigenvalue weighted by atomic mass is 10.3. The lowest BCUT2D eigenvalue weighted by Gasteiger charge is -2.14. The number of aliphatic imine (C=N–C) groups is 2. The van der Waals surface area contributed by atoms with Gasteiger partial charge in [-0.2, -0.15) is 10.2 Å². The highest BCUT2D eigenvalue weighted by molar-refractivity contribution is 5.78. The predicted octanol–water partition coefficient (Wildman–Crippen LogP) is 1.19. The molecule has 2 unspecified atom stereocenters. The molecule has 100 valence electrons. The van der Waals surface area contributed by atoms with Crippen LogP contribution in [0.4, 0.5) is 11.6 Å². The molecule has 0 aliphatic carbocycles. The number of aromatic nitrogens is 4. The van der Waals surface area contributed by atoms with Crippen LogP contribution in [0.25, 0.3) is 0 Å². The van der Waals surface area contributed by atoms with Crippen LogP contribution in [0.2, 0.25) is 0 Å². The highest BCUT2D eigenvalue weighted by atomic mass is 15.3. The second-order valence-corrected chi connectivity index (χ2v) is 4.15. The van der Waals surface area contributed by atoms with Gasteiger partial charge in [-0.15, -0.1) is 0 Å². The average molecular weight is 270 g/mol. The number of hydrogen-bond donors (Lipinski definition) is 4. The zero-order valence-electron chi connectivity index (χ0n) is 10.1. The molecular weight excluding hydrogens is 260 g/mol. The smallest absolute Gasteiger partial charge is 0.205 e. The molecule has 20 heavy (non-hydrogen) atoms. The molecule has 2 aromatic rings. The Bertz CT molecular complexity index is 647. The van der Waals surface area contributed by atoms with Gasteiger partial charge in [-0.05, 0) is 0 Å². The molecule has 0 fully saturated rings. The van der Waals surface area contributed by atoms with E-state index < -0.39 is 12.3 Å². The van der Waals surface area contributed by atoms with Crippen LogP contribution in [0, 0.1) is 0 Å². The molecule has 10 heteroatoms. The Hall–Kier alpha value is -3.04. The fraction of sp³-hybridized carbons (Fsp3) is 0.200. The van der Waals surface area contributed by atoms with Gasteiger partial charge in [0.25, 0.3) is 0 Å². The van der Waals surface area contributed by atoms with Gasteiger partial charge in [0, 0.05) is 0 Å². The molecule has 0 saturated heterocycles. The fourth-order valence-corrected chi connectivity index (χ4v) is 2.02. The monoisotopic (exact) mass is 270 g/mol. The van der Waals surface area contributed by atoms with Gasteiger partial charge in [0.2, 0.25) is 12.3 Å². The first-order valence-electron chi connectivity index (χ1n) is 5.94. The van der Waals surface area contributed by atoms with Crippen molar-refractivity contribution in [1.29, 1.82) is 0 Å². The van der Waals surface area contributed by atoms with E-state index in [2.05, 4.69) is 50.8 Å². The Morgan fingerprint density at radius 3 is 1.80 bits per heavy atom. The normalized spacial score (nSPS) is 23.2. The van der Waals surface area contributed by atoms with E-state index in [1.54, 1.807) is 25.3 Å². The minimum atomic E-state index is -0.440. The first-order chi connectivity index (χ1) is 9.92. The van der Waals surface area contributed by atoms with E-state index in [0.29, 0.717) is 11.6 Å². The molecule has 0 radical (unpaired) electrons. The van der Waals surface area contributed by atoms with Gasteiger partial charge in [-0.3, -0.25) is 0 Å². The molecule has 0 bridgehead atoms. The molecule has 4 rings (SSSR count). The topological polar surface area (TPSA) is 131 Å². The lowest BCUT2D eigenvalue weighted by molar-refractivity contribution is 0.615. The summed E-state index contributed by atoms with van der Waals surface area (Å²) >= 11 is 0.